The highest BCUT2D eigenvalue weighted by Crippen LogP contribution is 2.37. The number of hydrogen-bond acceptors (Lipinski definition) is 4. The van der Waals surface area contributed by atoms with Gasteiger partial charge < -0.3 is 20.5 Å². The Morgan fingerprint density at radius 3 is 2.95 bits per heavy atom. The van der Waals surface area contributed by atoms with Crippen molar-refractivity contribution in [2.75, 3.05) is 25.6 Å². The van der Waals surface area contributed by atoms with Gasteiger partial charge in [-0.15, -0.1) is 0 Å². The summed E-state index contributed by atoms with van der Waals surface area (Å²) >= 11 is 0. The Kier molecular flexibility index (Phi) is 5.20. The molecule has 5 heteroatoms. The highest BCUT2D eigenvalue weighted by Gasteiger charge is 2.42. The van der Waals surface area contributed by atoms with E-state index in [2.05, 4.69) is 5.32 Å². The molecule has 1 aliphatic rings. The molecule has 3 N–H and O–H groups in total. The van der Waals surface area contributed by atoms with Gasteiger partial charge in [0.15, 0.2) is 0 Å². The van der Waals surface area contributed by atoms with E-state index in [1.807, 2.05) is 31.2 Å². The van der Waals surface area contributed by atoms with Crippen LogP contribution in [0.4, 0.5) is 5.69 Å². The molecule has 1 saturated carbocycles. The van der Waals surface area contributed by atoms with E-state index in [1.54, 1.807) is 7.11 Å². The summed E-state index contributed by atoms with van der Waals surface area (Å²) in [7, 11) is 1.63. The Morgan fingerprint density at radius 1 is 1.48 bits per heavy atom. The van der Waals surface area contributed by atoms with Gasteiger partial charge in [0.1, 0.15) is 12.4 Å². The van der Waals surface area contributed by atoms with Crippen molar-refractivity contribution in [3.8, 4) is 5.75 Å². The Balaban J connectivity index is 1.99. The number of rotatable bonds is 6. The number of nitrogens with one attached hydrogen (secondary N) is 1. The van der Waals surface area contributed by atoms with E-state index in [0.717, 1.165) is 24.9 Å². The van der Waals surface area contributed by atoms with Crippen LogP contribution in [-0.4, -0.2) is 32.3 Å². The molecule has 21 heavy (non-hydrogen) atoms. The highest BCUT2D eigenvalue weighted by molar-refractivity contribution is 5.96. The van der Waals surface area contributed by atoms with Crippen LogP contribution in [0.2, 0.25) is 0 Å². The van der Waals surface area contributed by atoms with Crippen molar-refractivity contribution in [1.29, 1.82) is 0 Å². The topological polar surface area (TPSA) is 73.6 Å². The van der Waals surface area contributed by atoms with Gasteiger partial charge in [-0.1, -0.05) is 12.5 Å². The molecule has 116 valence electrons. The molecule has 0 radical (unpaired) electrons. The molecule has 2 atom stereocenters. The lowest BCUT2D eigenvalue weighted by Crippen LogP contribution is -2.44. The van der Waals surface area contributed by atoms with Crippen molar-refractivity contribution in [3.05, 3.63) is 24.3 Å². The number of carbonyl (C=O) groups is 1. The zero-order valence-electron chi connectivity index (χ0n) is 12.7. The van der Waals surface area contributed by atoms with Crippen LogP contribution in [0.3, 0.4) is 0 Å². The van der Waals surface area contributed by atoms with Crippen LogP contribution in [0.5, 0.6) is 5.75 Å². The van der Waals surface area contributed by atoms with E-state index in [9.17, 15) is 4.79 Å². The van der Waals surface area contributed by atoms with Gasteiger partial charge in [-0.3, -0.25) is 4.79 Å². The quantitative estimate of drug-likeness (QED) is 0.788. The second kappa shape index (κ2) is 6.91. The summed E-state index contributed by atoms with van der Waals surface area (Å²) in [6, 6.07) is 7.31. The molecule has 2 unspecified atom stereocenters. The minimum atomic E-state index is -0.479. The van der Waals surface area contributed by atoms with Gasteiger partial charge in [-0.05, 0) is 31.9 Å². The van der Waals surface area contributed by atoms with Crippen molar-refractivity contribution in [3.63, 3.8) is 0 Å². The largest absolute Gasteiger partial charge is 0.491 e. The molecule has 0 saturated heterocycles. The molecule has 0 heterocycles. The van der Waals surface area contributed by atoms with Crippen LogP contribution in [0, 0.1) is 5.41 Å². The number of methoxy groups -OCH3 is 1. The number of ether oxygens (including phenoxy) is 2. The van der Waals surface area contributed by atoms with E-state index in [-0.39, 0.29) is 11.9 Å². The number of amides is 1. The summed E-state index contributed by atoms with van der Waals surface area (Å²) in [6.07, 6.45) is 2.75. The predicted octanol–water partition coefficient (Wildman–Crippen LogP) is 2.17. The van der Waals surface area contributed by atoms with E-state index >= 15 is 0 Å². The molecular weight excluding hydrogens is 268 g/mol. The zero-order chi connectivity index (χ0) is 15.3. The molecule has 0 bridgehead atoms. The second-order valence-electron chi connectivity index (χ2n) is 5.74. The maximum absolute atomic E-state index is 12.5. The first-order valence-electron chi connectivity index (χ1n) is 7.35. The third-order valence-corrected chi connectivity index (χ3v) is 4.20. The Hall–Kier alpha value is -1.59. The monoisotopic (exact) mass is 292 g/mol. The van der Waals surface area contributed by atoms with Crippen LogP contribution in [0.15, 0.2) is 24.3 Å². The highest BCUT2D eigenvalue weighted by atomic mass is 16.5. The third-order valence-electron chi connectivity index (χ3n) is 4.20. The van der Waals surface area contributed by atoms with Gasteiger partial charge in [-0.25, -0.2) is 0 Å². The lowest BCUT2D eigenvalue weighted by molar-refractivity contribution is -0.125. The third kappa shape index (κ3) is 3.74. The normalized spacial score (nSPS) is 24.8. The summed E-state index contributed by atoms with van der Waals surface area (Å²) in [4.78, 5) is 12.5. The minimum absolute atomic E-state index is 0.0125. The average molecular weight is 292 g/mol. The van der Waals surface area contributed by atoms with Crippen LogP contribution in [0.25, 0.3) is 0 Å². The fourth-order valence-corrected chi connectivity index (χ4v) is 2.66. The van der Waals surface area contributed by atoms with E-state index in [0.29, 0.717) is 19.0 Å². The van der Waals surface area contributed by atoms with Crippen LogP contribution in [0.1, 0.15) is 26.2 Å². The molecule has 1 aromatic carbocycles. The molecule has 2 rings (SSSR count). The first-order chi connectivity index (χ1) is 10.1. The SMILES string of the molecule is COCCOc1cccc(NC(=O)C2(C)CCCC2N)c1. The van der Waals surface area contributed by atoms with Crippen molar-refractivity contribution in [1.82, 2.24) is 0 Å². The Morgan fingerprint density at radius 2 is 2.29 bits per heavy atom. The van der Waals surface area contributed by atoms with Gasteiger partial charge in [0, 0.05) is 24.9 Å². The summed E-state index contributed by atoms with van der Waals surface area (Å²) in [6.45, 7) is 2.96. The molecule has 1 fully saturated rings. The van der Waals surface area contributed by atoms with Crippen molar-refractivity contribution >= 4 is 11.6 Å². The van der Waals surface area contributed by atoms with Gasteiger partial charge >= 0.3 is 0 Å². The lowest BCUT2D eigenvalue weighted by atomic mass is 9.84. The molecular formula is C16H24N2O3. The van der Waals surface area contributed by atoms with Crippen molar-refractivity contribution in [2.24, 2.45) is 11.1 Å². The molecule has 0 aliphatic heterocycles. The smallest absolute Gasteiger partial charge is 0.231 e. The van der Waals surface area contributed by atoms with Crippen LogP contribution < -0.4 is 15.8 Å². The second-order valence-corrected chi connectivity index (χ2v) is 5.74. The fraction of sp³-hybridized carbons (Fsp3) is 0.562. The molecule has 0 aromatic heterocycles. The van der Waals surface area contributed by atoms with Gasteiger partial charge in [-0.2, -0.15) is 0 Å². The van der Waals surface area contributed by atoms with Crippen molar-refractivity contribution < 1.29 is 14.3 Å². The first kappa shape index (κ1) is 15.8. The van der Waals surface area contributed by atoms with E-state index in [4.69, 9.17) is 15.2 Å². The Bertz CT molecular complexity index is 492. The van der Waals surface area contributed by atoms with Gasteiger partial charge in [0.2, 0.25) is 5.91 Å². The number of nitrogens with two attached hydrogens (primary N) is 1. The molecule has 1 aromatic rings. The first-order valence-corrected chi connectivity index (χ1v) is 7.35. The number of hydrogen-bond donors (Lipinski definition) is 2. The molecule has 1 aliphatic carbocycles. The summed E-state index contributed by atoms with van der Waals surface area (Å²) in [5.74, 6) is 0.701. The molecule has 1 amide bonds. The van der Waals surface area contributed by atoms with Crippen LogP contribution >= 0.6 is 0 Å². The maximum Gasteiger partial charge on any atom is 0.231 e. The zero-order valence-corrected chi connectivity index (χ0v) is 12.7. The van der Waals surface area contributed by atoms with Crippen molar-refractivity contribution in [2.45, 2.75) is 32.2 Å². The Labute approximate surface area is 125 Å². The van der Waals surface area contributed by atoms with Gasteiger partial charge in [0.05, 0.1) is 12.0 Å². The summed E-state index contributed by atoms with van der Waals surface area (Å²) in [5, 5.41) is 2.96. The number of anilines is 1. The lowest BCUT2D eigenvalue weighted by Gasteiger charge is -2.27. The molecule has 0 spiro atoms. The van der Waals surface area contributed by atoms with E-state index in [1.165, 1.54) is 0 Å². The van der Waals surface area contributed by atoms with Gasteiger partial charge in [0.25, 0.3) is 0 Å². The summed E-state index contributed by atoms with van der Waals surface area (Å²) in [5.41, 5.74) is 6.33. The van der Waals surface area contributed by atoms with Crippen LogP contribution in [-0.2, 0) is 9.53 Å². The number of carbonyl (C=O) groups excluding carboxylic acids is 1. The minimum Gasteiger partial charge on any atom is -0.491 e. The fourth-order valence-electron chi connectivity index (χ4n) is 2.66. The number of benzene rings is 1. The maximum atomic E-state index is 12.5. The summed E-state index contributed by atoms with van der Waals surface area (Å²) < 4.78 is 10.5. The standard InChI is InChI=1S/C16H24N2O3/c1-16(8-4-7-14(16)17)15(19)18-12-5-3-6-13(11-12)21-10-9-20-2/h3,5-6,11,14H,4,7-10,17H2,1-2H3,(H,18,19). The van der Waals surface area contributed by atoms with E-state index < -0.39 is 5.41 Å². The predicted molar refractivity (Wildman–Crippen MR) is 82.4 cm³/mol. The average Bonchev–Trinajstić information content (AvgIpc) is 2.81. The molecule has 5 nitrogen and oxygen atoms in total.